The number of furan rings is 1. The lowest BCUT2D eigenvalue weighted by atomic mass is 10.0. The molecule has 1 aliphatic rings. The van der Waals surface area contributed by atoms with Crippen LogP contribution in [0.5, 0.6) is 0 Å². The standard InChI is InChI=1S/C24H26ClN3O3/c1-24(2,3)28(23(30)18-7-4-5-8-19(18)25)15-21(29)27-13-12-26-11-6-9-20(26)22(27)17-10-14-31-16-17/h4-11,14,16,22H,12-13,15H2,1-3H3/t22-/m0/s1. The summed E-state index contributed by atoms with van der Waals surface area (Å²) in [6.45, 7) is 6.98. The lowest BCUT2D eigenvalue weighted by Gasteiger charge is -2.40. The molecule has 0 saturated heterocycles. The molecule has 162 valence electrons. The normalized spacial score (nSPS) is 16.1. The van der Waals surface area contributed by atoms with Crippen LogP contribution in [0, 0.1) is 0 Å². The van der Waals surface area contributed by atoms with Crippen LogP contribution in [0.1, 0.15) is 48.4 Å². The average molecular weight is 440 g/mol. The summed E-state index contributed by atoms with van der Waals surface area (Å²) >= 11 is 6.28. The molecule has 1 aromatic carbocycles. The van der Waals surface area contributed by atoms with Crippen molar-refractivity contribution < 1.29 is 14.0 Å². The summed E-state index contributed by atoms with van der Waals surface area (Å²) in [4.78, 5) is 30.3. The number of halogens is 1. The molecular weight excluding hydrogens is 414 g/mol. The molecule has 3 aromatic rings. The van der Waals surface area contributed by atoms with Gasteiger partial charge in [0.2, 0.25) is 5.91 Å². The van der Waals surface area contributed by atoms with Gasteiger partial charge in [0.1, 0.15) is 12.6 Å². The highest BCUT2D eigenvalue weighted by Gasteiger charge is 2.36. The minimum Gasteiger partial charge on any atom is -0.472 e. The largest absolute Gasteiger partial charge is 0.472 e. The van der Waals surface area contributed by atoms with Crippen LogP contribution in [0.4, 0.5) is 0 Å². The lowest BCUT2D eigenvalue weighted by Crippen LogP contribution is -2.53. The second kappa shape index (κ2) is 8.27. The molecule has 6 nitrogen and oxygen atoms in total. The van der Waals surface area contributed by atoms with Gasteiger partial charge in [-0.2, -0.15) is 0 Å². The summed E-state index contributed by atoms with van der Waals surface area (Å²) in [6, 6.07) is 12.6. The van der Waals surface area contributed by atoms with Crippen molar-refractivity contribution in [1.29, 1.82) is 0 Å². The average Bonchev–Trinajstić information content (AvgIpc) is 3.42. The molecule has 0 unspecified atom stereocenters. The van der Waals surface area contributed by atoms with E-state index in [2.05, 4.69) is 4.57 Å². The van der Waals surface area contributed by atoms with Gasteiger partial charge in [0.25, 0.3) is 5.91 Å². The number of nitrogens with zero attached hydrogens (tertiary/aromatic N) is 3. The summed E-state index contributed by atoms with van der Waals surface area (Å²) in [5.74, 6) is -0.374. The molecular formula is C24H26ClN3O3. The molecule has 2 aromatic heterocycles. The van der Waals surface area contributed by atoms with Crippen molar-refractivity contribution in [3.8, 4) is 0 Å². The monoisotopic (exact) mass is 439 g/mol. The van der Waals surface area contributed by atoms with Crippen LogP contribution in [0.3, 0.4) is 0 Å². The summed E-state index contributed by atoms with van der Waals surface area (Å²) in [7, 11) is 0. The number of hydrogen-bond donors (Lipinski definition) is 0. The van der Waals surface area contributed by atoms with Gasteiger partial charge in [-0.1, -0.05) is 23.7 Å². The summed E-state index contributed by atoms with van der Waals surface area (Å²) < 4.78 is 7.46. The van der Waals surface area contributed by atoms with E-state index >= 15 is 0 Å². The minimum atomic E-state index is -0.562. The molecule has 1 aliphatic heterocycles. The quantitative estimate of drug-likeness (QED) is 0.596. The van der Waals surface area contributed by atoms with E-state index < -0.39 is 5.54 Å². The van der Waals surface area contributed by atoms with E-state index in [1.165, 1.54) is 0 Å². The van der Waals surface area contributed by atoms with Crippen LogP contribution in [-0.2, 0) is 11.3 Å². The van der Waals surface area contributed by atoms with Gasteiger partial charge in [0, 0.05) is 36.1 Å². The molecule has 4 rings (SSSR count). The van der Waals surface area contributed by atoms with Crippen LogP contribution in [0.2, 0.25) is 5.02 Å². The first-order valence-electron chi connectivity index (χ1n) is 10.3. The minimum absolute atomic E-state index is 0.0391. The van der Waals surface area contributed by atoms with Gasteiger partial charge in [-0.15, -0.1) is 0 Å². The molecule has 1 atom stereocenters. The van der Waals surface area contributed by atoms with Gasteiger partial charge in [-0.05, 0) is 51.1 Å². The van der Waals surface area contributed by atoms with E-state index in [9.17, 15) is 9.59 Å². The SMILES string of the molecule is CC(C)(C)N(CC(=O)N1CCn2cccc2[C@@H]1c1ccoc1)C(=O)c1ccccc1Cl. The third-order valence-corrected chi connectivity index (χ3v) is 6.00. The number of amides is 2. The Bertz CT molecular complexity index is 1080. The fraction of sp³-hybridized carbons (Fsp3) is 0.333. The molecule has 7 heteroatoms. The fourth-order valence-electron chi connectivity index (χ4n) is 4.05. The molecule has 0 radical (unpaired) electrons. The Morgan fingerprint density at radius 1 is 1.13 bits per heavy atom. The van der Waals surface area contributed by atoms with E-state index in [0.29, 0.717) is 23.7 Å². The van der Waals surface area contributed by atoms with Gasteiger partial charge in [0.05, 0.1) is 23.1 Å². The van der Waals surface area contributed by atoms with Gasteiger partial charge >= 0.3 is 0 Å². The highest BCUT2D eigenvalue weighted by Crippen LogP contribution is 2.33. The molecule has 0 aliphatic carbocycles. The predicted octanol–water partition coefficient (Wildman–Crippen LogP) is 4.61. The first-order chi connectivity index (χ1) is 14.8. The zero-order valence-corrected chi connectivity index (χ0v) is 18.7. The number of carbonyl (C=O) groups excluding carboxylic acids is 2. The number of carbonyl (C=O) groups is 2. The maximum atomic E-state index is 13.6. The van der Waals surface area contributed by atoms with E-state index in [0.717, 1.165) is 11.3 Å². The first-order valence-corrected chi connectivity index (χ1v) is 10.7. The Balaban J connectivity index is 1.64. The van der Waals surface area contributed by atoms with Crippen LogP contribution < -0.4 is 0 Å². The Hall–Kier alpha value is -2.99. The number of rotatable bonds is 4. The molecule has 3 heterocycles. The molecule has 0 fully saturated rings. The number of hydrogen-bond acceptors (Lipinski definition) is 3. The second-order valence-electron chi connectivity index (χ2n) is 8.71. The Kier molecular flexibility index (Phi) is 5.67. The summed E-state index contributed by atoms with van der Waals surface area (Å²) in [5, 5.41) is 0.376. The molecule has 2 amide bonds. The van der Waals surface area contributed by atoms with Crippen molar-refractivity contribution in [2.75, 3.05) is 13.1 Å². The van der Waals surface area contributed by atoms with Gasteiger partial charge in [-0.25, -0.2) is 0 Å². The molecule has 0 N–H and O–H groups in total. The molecule has 0 spiro atoms. The molecule has 0 saturated carbocycles. The van der Waals surface area contributed by atoms with Crippen molar-refractivity contribution in [2.45, 2.75) is 38.9 Å². The maximum Gasteiger partial charge on any atom is 0.256 e. The number of benzene rings is 1. The zero-order valence-electron chi connectivity index (χ0n) is 17.9. The third kappa shape index (κ3) is 4.12. The number of fused-ring (bicyclic) bond motifs is 1. The van der Waals surface area contributed by atoms with Crippen LogP contribution >= 0.6 is 11.6 Å². The topological polar surface area (TPSA) is 58.7 Å². The van der Waals surface area contributed by atoms with E-state index in [1.54, 1.807) is 41.7 Å². The van der Waals surface area contributed by atoms with E-state index in [-0.39, 0.29) is 24.4 Å². The van der Waals surface area contributed by atoms with E-state index in [4.69, 9.17) is 16.0 Å². The van der Waals surface area contributed by atoms with E-state index in [1.807, 2.05) is 50.1 Å². The predicted molar refractivity (Wildman–Crippen MR) is 119 cm³/mol. The third-order valence-electron chi connectivity index (χ3n) is 5.67. The van der Waals surface area contributed by atoms with Crippen LogP contribution in [0.25, 0.3) is 0 Å². The van der Waals surface area contributed by atoms with Crippen molar-refractivity contribution in [2.24, 2.45) is 0 Å². The molecule has 31 heavy (non-hydrogen) atoms. The summed E-state index contributed by atoms with van der Waals surface area (Å²) in [6.07, 6.45) is 5.30. The van der Waals surface area contributed by atoms with Gasteiger partial charge < -0.3 is 18.8 Å². The highest BCUT2D eigenvalue weighted by molar-refractivity contribution is 6.33. The lowest BCUT2D eigenvalue weighted by molar-refractivity contribution is -0.135. The number of aromatic nitrogens is 1. The Labute approximate surface area is 187 Å². The van der Waals surface area contributed by atoms with Crippen LogP contribution in [0.15, 0.2) is 65.6 Å². The second-order valence-corrected chi connectivity index (χ2v) is 9.12. The Morgan fingerprint density at radius 2 is 1.90 bits per heavy atom. The van der Waals surface area contributed by atoms with Gasteiger partial charge in [0.15, 0.2) is 0 Å². The zero-order chi connectivity index (χ0) is 22.2. The van der Waals surface area contributed by atoms with Crippen molar-refractivity contribution in [3.05, 3.63) is 83.0 Å². The molecule has 0 bridgehead atoms. The first kappa shape index (κ1) is 21.2. The van der Waals surface area contributed by atoms with Crippen molar-refractivity contribution in [3.63, 3.8) is 0 Å². The maximum absolute atomic E-state index is 13.6. The van der Waals surface area contributed by atoms with Crippen molar-refractivity contribution in [1.82, 2.24) is 14.4 Å². The Morgan fingerprint density at radius 3 is 2.58 bits per heavy atom. The fourth-order valence-corrected chi connectivity index (χ4v) is 4.27. The van der Waals surface area contributed by atoms with Gasteiger partial charge in [-0.3, -0.25) is 9.59 Å². The van der Waals surface area contributed by atoms with Crippen molar-refractivity contribution >= 4 is 23.4 Å². The van der Waals surface area contributed by atoms with Crippen LogP contribution in [-0.4, -0.2) is 44.8 Å². The highest BCUT2D eigenvalue weighted by atomic mass is 35.5. The summed E-state index contributed by atoms with van der Waals surface area (Å²) in [5.41, 5.74) is 1.77. The smallest absolute Gasteiger partial charge is 0.256 e.